The molecule has 72 valence electrons. The van der Waals surface area contributed by atoms with Gasteiger partial charge in [0.15, 0.2) is 23.3 Å². The summed E-state index contributed by atoms with van der Waals surface area (Å²) in [5, 5.41) is 8.21. The summed E-state index contributed by atoms with van der Waals surface area (Å²) in [6, 6.07) is 0.0794. The van der Waals surface area contributed by atoms with Gasteiger partial charge in [-0.05, 0) is 6.07 Å². The Labute approximate surface area is 120 Å². The van der Waals surface area contributed by atoms with Crippen molar-refractivity contribution in [3.8, 4) is 0 Å². The van der Waals surface area contributed by atoms with Gasteiger partial charge in [-0.15, -0.1) is 0 Å². The smallest absolute Gasteiger partial charge is 1.00 e. The Balaban J connectivity index is 0. The number of hydrogen-bond donors (Lipinski definition) is 1. The Morgan fingerprint density at radius 1 is 1.14 bits per heavy atom. The molecule has 1 rings (SSSR count). The van der Waals surface area contributed by atoms with E-state index in [0.29, 0.717) is 0 Å². The average molecular weight is 234 g/mol. The second-order valence-electron chi connectivity index (χ2n) is 2.15. The van der Waals surface area contributed by atoms with Crippen LogP contribution in [0, 0.1) is 23.3 Å². The minimum absolute atomic E-state index is 0. The molecule has 0 aliphatic carbocycles. The van der Waals surface area contributed by atoms with E-state index >= 15 is 0 Å². The summed E-state index contributed by atoms with van der Waals surface area (Å²) in [5.41, 5.74) is -1.24. The first-order valence-electron chi connectivity index (χ1n) is 3.01. The Morgan fingerprint density at radius 2 is 1.64 bits per heavy atom. The first-order chi connectivity index (χ1) is 5.95. The van der Waals surface area contributed by atoms with Crippen LogP contribution in [0.25, 0.3) is 0 Å². The third kappa shape index (κ3) is 2.54. The summed E-state index contributed by atoms with van der Waals surface area (Å²) in [5.74, 6) is -9.67. The number of carboxylic acids is 1. The van der Waals surface area contributed by atoms with Crippen molar-refractivity contribution in [3.63, 3.8) is 0 Å². The first kappa shape index (κ1) is 14.0. The van der Waals surface area contributed by atoms with Gasteiger partial charge in [0.05, 0.1) is 0 Å². The molecule has 0 unspecified atom stereocenters. The van der Waals surface area contributed by atoms with Crippen molar-refractivity contribution in [1.29, 1.82) is 0 Å². The van der Waals surface area contributed by atoms with Gasteiger partial charge in [-0.25, -0.2) is 22.4 Å². The molecule has 1 aromatic carbocycles. The Bertz CT molecular complexity index is 386. The number of carboxylic acid groups (broad SMARTS) is 1. The van der Waals surface area contributed by atoms with E-state index in [1.807, 2.05) is 0 Å². The van der Waals surface area contributed by atoms with E-state index in [9.17, 15) is 22.4 Å². The standard InChI is InChI=1S/C7H2F4O2.K.H/c8-3-1-2(7(12)13)4(9)6(11)5(3)10;;/h1H,(H,12,13);;/q;+1;-1. The molecule has 0 amide bonds. The van der Waals surface area contributed by atoms with Crippen LogP contribution < -0.4 is 51.4 Å². The second kappa shape index (κ2) is 5.22. The number of benzene rings is 1. The number of carbonyl (C=O) groups is 1. The normalized spacial score (nSPS) is 9.43. The maximum absolute atomic E-state index is 12.5. The summed E-state index contributed by atoms with van der Waals surface area (Å²) >= 11 is 0. The molecule has 0 bridgehead atoms. The van der Waals surface area contributed by atoms with Crippen LogP contribution >= 0.6 is 0 Å². The SMILES string of the molecule is O=C(O)c1cc(F)c(F)c(F)c1F.[H-].[K+]. The van der Waals surface area contributed by atoms with Gasteiger partial charge in [0.25, 0.3) is 0 Å². The van der Waals surface area contributed by atoms with Crippen LogP contribution in [0.4, 0.5) is 17.6 Å². The zero-order chi connectivity index (χ0) is 10.2. The monoisotopic (exact) mass is 234 g/mol. The summed E-state index contributed by atoms with van der Waals surface area (Å²) in [6.45, 7) is 0. The van der Waals surface area contributed by atoms with E-state index in [1.54, 1.807) is 0 Å². The molecule has 0 aliphatic rings. The Kier molecular flexibility index (Phi) is 5.24. The van der Waals surface area contributed by atoms with Crippen LogP contribution in [0.15, 0.2) is 6.07 Å². The Hall–Kier alpha value is 0.0464. The van der Waals surface area contributed by atoms with Gasteiger partial charge >= 0.3 is 57.4 Å². The molecule has 0 saturated heterocycles. The van der Waals surface area contributed by atoms with Crippen LogP contribution in [0.1, 0.15) is 11.8 Å². The molecule has 0 aromatic heterocycles. The van der Waals surface area contributed by atoms with Gasteiger partial charge in [-0.2, -0.15) is 0 Å². The summed E-state index contributed by atoms with van der Waals surface area (Å²) in [6.07, 6.45) is 0. The van der Waals surface area contributed by atoms with Gasteiger partial charge < -0.3 is 6.53 Å². The maximum atomic E-state index is 12.5. The molecule has 0 spiro atoms. The van der Waals surface area contributed by atoms with Crippen LogP contribution in [0.5, 0.6) is 0 Å². The minimum atomic E-state index is -2.13. The third-order valence-corrected chi connectivity index (χ3v) is 1.33. The van der Waals surface area contributed by atoms with Crippen molar-refractivity contribution in [1.82, 2.24) is 0 Å². The molecule has 14 heavy (non-hydrogen) atoms. The molecule has 0 heterocycles. The average Bonchev–Trinajstić information content (AvgIpc) is 2.07. The van der Waals surface area contributed by atoms with Crippen LogP contribution in [-0.4, -0.2) is 11.1 Å². The fourth-order valence-electron chi connectivity index (χ4n) is 0.728. The van der Waals surface area contributed by atoms with Gasteiger partial charge in [-0.1, -0.05) is 0 Å². The third-order valence-electron chi connectivity index (χ3n) is 1.33. The quantitative estimate of drug-likeness (QED) is 0.295. The number of aromatic carboxylic acids is 1. The van der Waals surface area contributed by atoms with E-state index in [0.717, 1.165) is 0 Å². The fraction of sp³-hybridized carbons (Fsp3) is 0. The van der Waals surface area contributed by atoms with Crippen LogP contribution in [-0.2, 0) is 0 Å². The van der Waals surface area contributed by atoms with Gasteiger partial charge in [0, 0.05) is 0 Å². The summed E-state index contributed by atoms with van der Waals surface area (Å²) in [7, 11) is 0. The molecule has 0 aliphatic heterocycles. The van der Waals surface area contributed by atoms with Crippen molar-refractivity contribution in [2.24, 2.45) is 0 Å². The van der Waals surface area contributed by atoms with Crippen molar-refractivity contribution < 1.29 is 80.3 Å². The number of halogens is 4. The Morgan fingerprint density at radius 3 is 2.07 bits per heavy atom. The molecular formula is C7H3F4KO2. The first-order valence-corrected chi connectivity index (χ1v) is 3.01. The van der Waals surface area contributed by atoms with E-state index in [-0.39, 0.29) is 58.9 Å². The van der Waals surface area contributed by atoms with Crippen molar-refractivity contribution >= 4 is 5.97 Å². The second-order valence-corrected chi connectivity index (χ2v) is 2.15. The minimum Gasteiger partial charge on any atom is -1.00 e. The summed E-state index contributed by atoms with van der Waals surface area (Å²) < 4.78 is 49.5. The van der Waals surface area contributed by atoms with E-state index in [2.05, 4.69) is 0 Å². The molecule has 7 heteroatoms. The molecule has 0 radical (unpaired) electrons. The van der Waals surface area contributed by atoms with E-state index in [4.69, 9.17) is 5.11 Å². The van der Waals surface area contributed by atoms with Crippen LogP contribution in [0.2, 0.25) is 0 Å². The largest absolute Gasteiger partial charge is 1.00 e. The number of hydrogen-bond acceptors (Lipinski definition) is 1. The zero-order valence-corrected chi connectivity index (χ0v) is 10.1. The molecule has 0 atom stereocenters. The molecule has 0 saturated carbocycles. The molecule has 1 aromatic rings. The topological polar surface area (TPSA) is 37.3 Å². The van der Waals surface area contributed by atoms with E-state index in [1.165, 1.54) is 0 Å². The molecule has 2 nitrogen and oxygen atoms in total. The van der Waals surface area contributed by atoms with Gasteiger partial charge in [0.1, 0.15) is 5.56 Å². The van der Waals surface area contributed by atoms with Crippen molar-refractivity contribution in [2.45, 2.75) is 0 Å². The van der Waals surface area contributed by atoms with Crippen molar-refractivity contribution in [3.05, 3.63) is 34.9 Å². The van der Waals surface area contributed by atoms with Gasteiger partial charge in [-0.3, -0.25) is 0 Å². The van der Waals surface area contributed by atoms with Crippen LogP contribution in [0.3, 0.4) is 0 Å². The molecule has 0 fully saturated rings. The molecular weight excluding hydrogens is 231 g/mol. The molecule has 1 N–H and O–H groups in total. The fourth-order valence-corrected chi connectivity index (χ4v) is 0.728. The number of rotatable bonds is 1. The summed E-state index contributed by atoms with van der Waals surface area (Å²) in [4.78, 5) is 10.1. The predicted octanol–water partition coefficient (Wildman–Crippen LogP) is -0.942. The van der Waals surface area contributed by atoms with E-state index < -0.39 is 34.8 Å². The predicted molar refractivity (Wildman–Crippen MR) is 34.3 cm³/mol. The maximum Gasteiger partial charge on any atom is 1.00 e. The van der Waals surface area contributed by atoms with Crippen molar-refractivity contribution in [2.75, 3.05) is 0 Å². The van der Waals surface area contributed by atoms with Gasteiger partial charge in [0.2, 0.25) is 0 Å². The zero-order valence-electron chi connectivity index (χ0n) is 7.94.